The van der Waals surface area contributed by atoms with E-state index in [1.165, 1.54) is 0 Å². The molecule has 1 aromatic carbocycles. The van der Waals surface area contributed by atoms with E-state index in [1.807, 2.05) is 6.92 Å². The molecule has 1 aliphatic rings. The van der Waals surface area contributed by atoms with Gasteiger partial charge in [0.05, 0.1) is 10.5 Å². The van der Waals surface area contributed by atoms with E-state index in [0.29, 0.717) is 12.6 Å². The predicted octanol–water partition coefficient (Wildman–Crippen LogP) is 4.22. The summed E-state index contributed by atoms with van der Waals surface area (Å²) < 4.78 is 37.7. The summed E-state index contributed by atoms with van der Waals surface area (Å²) in [5.74, 6) is 0. The van der Waals surface area contributed by atoms with Crippen molar-refractivity contribution in [2.24, 2.45) is 5.41 Å². The minimum absolute atomic E-state index is 0.141. The molecule has 7 heteroatoms. The number of anilines is 1. The van der Waals surface area contributed by atoms with Crippen molar-refractivity contribution in [1.29, 1.82) is 0 Å². The third-order valence-electron chi connectivity index (χ3n) is 3.88. The average molecular weight is 288 g/mol. The van der Waals surface area contributed by atoms with Crippen molar-refractivity contribution in [3.05, 3.63) is 33.9 Å². The molecule has 0 radical (unpaired) electrons. The Labute approximate surface area is 114 Å². The number of nitrogens with one attached hydrogen (secondary N) is 1. The van der Waals surface area contributed by atoms with Crippen LogP contribution in [0.4, 0.5) is 24.5 Å². The zero-order valence-corrected chi connectivity index (χ0v) is 11.0. The van der Waals surface area contributed by atoms with Crippen molar-refractivity contribution >= 4 is 11.4 Å². The molecule has 2 rings (SSSR count). The molecule has 1 N–H and O–H groups in total. The second-order valence-corrected chi connectivity index (χ2v) is 5.19. The van der Waals surface area contributed by atoms with Gasteiger partial charge in [-0.3, -0.25) is 10.1 Å². The second kappa shape index (κ2) is 4.96. The van der Waals surface area contributed by atoms with Crippen LogP contribution in [0.15, 0.2) is 18.2 Å². The minimum Gasteiger partial charge on any atom is -0.379 e. The van der Waals surface area contributed by atoms with Crippen LogP contribution in [0, 0.1) is 15.5 Å². The molecule has 0 aliphatic heterocycles. The van der Waals surface area contributed by atoms with Crippen LogP contribution < -0.4 is 5.32 Å². The summed E-state index contributed by atoms with van der Waals surface area (Å²) in [6.07, 6.45) is -1.53. The molecular weight excluding hydrogens is 273 g/mol. The number of rotatable bonds is 5. The molecule has 4 nitrogen and oxygen atoms in total. The molecule has 0 saturated heterocycles. The van der Waals surface area contributed by atoms with Gasteiger partial charge in [0, 0.05) is 12.6 Å². The van der Waals surface area contributed by atoms with Gasteiger partial charge < -0.3 is 5.32 Å². The van der Waals surface area contributed by atoms with Crippen molar-refractivity contribution in [2.45, 2.75) is 32.4 Å². The van der Waals surface area contributed by atoms with Crippen molar-refractivity contribution < 1.29 is 18.1 Å². The van der Waals surface area contributed by atoms with Crippen LogP contribution >= 0.6 is 0 Å². The van der Waals surface area contributed by atoms with Gasteiger partial charge in [0.1, 0.15) is 5.69 Å². The summed E-state index contributed by atoms with van der Waals surface area (Å²) in [5, 5.41) is 13.8. The van der Waals surface area contributed by atoms with Gasteiger partial charge in [-0.2, -0.15) is 13.2 Å². The number of nitro benzene ring substituents is 1. The van der Waals surface area contributed by atoms with Gasteiger partial charge in [-0.15, -0.1) is 0 Å². The van der Waals surface area contributed by atoms with Gasteiger partial charge in [-0.05, 0) is 36.8 Å². The highest BCUT2D eigenvalue weighted by molar-refractivity contribution is 5.63. The van der Waals surface area contributed by atoms with Crippen LogP contribution in [0.5, 0.6) is 0 Å². The van der Waals surface area contributed by atoms with E-state index in [4.69, 9.17) is 0 Å². The normalized spacial score (nSPS) is 16.8. The lowest BCUT2D eigenvalue weighted by atomic mass is 10.0. The van der Waals surface area contributed by atoms with Gasteiger partial charge >= 0.3 is 6.18 Å². The fourth-order valence-electron chi connectivity index (χ4n) is 2.12. The quantitative estimate of drug-likeness (QED) is 0.652. The number of halogens is 3. The first-order valence-electron chi connectivity index (χ1n) is 6.37. The van der Waals surface area contributed by atoms with Gasteiger partial charge in [0.2, 0.25) is 0 Å². The van der Waals surface area contributed by atoms with Crippen molar-refractivity contribution in [3.63, 3.8) is 0 Å². The second-order valence-electron chi connectivity index (χ2n) is 5.19. The Hall–Kier alpha value is -1.79. The van der Waals surface area contributed by atoms with E-state index in [0.717, 1.165) is 31.4 Å². The summed E-state index contributed by atoms with van der Waals surface area (Å²) >= 11 is 0. The fourth-order valence-corrected chi connectivity index (χ4v) is 2.12. The molecule has 0 atom stereocenters. The van der Waals surface area contributed by atoms with E-state index >= 15 is 0 Å². The molecule has 0 heterocycles. The number of alkyl halides is 3. The third-order valence-corrected chi connectivity index (χ3v) is 3.88. The summed E-state index contributed by atoms with van der Waals surface area (Å²) in [4.78, 5) is 10.1. The minimum atomic E-state index is -4.58. The lowest BCUT2D eigenvalue weighted by Crippen LogP contribution is -2.15. The van der Waals surface area contributed by atoms with E-state index < -0.39 is 22.4 Å². The average Bonchev–Trinajstić information content (AvgIpc) is 3.15. The van der Waals surface area contributed by atoms with Gasteiger partial charge in [-0.25, -0.2) is 0 Å². The Bertz CT molecular complexity index is 525. The van der Waals surface area contributed by atoms with Crippen molar-refractivity contribution in [1.82, 2.24) is 0 Å². The lowest BCUT2D eigenvalue weighted by molar-refractivity contribution is -0.384. The maximum absolute atomic E-state index is 12.6. The van der Waals surface area contributed by atoms with E-state index in [2.05, 4.69) is 5.32 Å². The lowest BCUT2D eigenvalue weighted by Gasteiger charge is -2.15. The number of hydrogen-bond acceptors (Lipinski definition) is 3. The Balaban J connectivity index is 2.22. The molecule has 0 bridgehead atoms. The van der Waals surface area contributed by atoms with Gasteiger partial charge in [0.15, 0.2) is 0 Å². The summed E-state index contributed by atoms with van der Waals surface area (Å²) in [6.45, 7) is 2.59. The Morgan fingerprint density at radius 3 is 2.50 bits per heavy atom. The summed E-state index contributed by atoms with van der Waals surface area (Å²) in [6, 6.07) is 2.57. The summed E-state index contributed by atoms with van der Waals surface area (Å²) in [7, 11) is 0. The zero-order valence-electron chi connectivity index (χ0n) is 11.0. The highest BCUT2D eigenvalue weighted by Gasteiger charge is 2.40. The molecule has 0 spiro atoms. The van der Waals surface area contributed by atoms with Crippen LogP contribution in [-0.4, -0.2) is 11.5 Å². The monoisotopic (exact) mass is 288 g/mol. The highest BCUT2D eigenvalue weighted by Crippen LogP contribution is 2.48. The Kier molecular flexibility index (Phi) is 3.62. The molecule has 1 aliphatic carbocycles. The van der Waals surface area contributed by atoms with Crippen LogP contribution in [0.1, 0.15) is 31.7 Å². The molecule has 1 fully saturated rings. The van der Waals surface area contributed by atoms with E-state index in [1.54, 1.807) is 0 Å². The third kappa shape index (κ3) is 3.02. The van der Waals surface area contributed by atoms with Gasteiger partial charge in [0.25, 0.3) is 5.69 Å². The van der Waals surface area contributed by atoms with Crippen molar-refractivity contribution in [2.75, 3.05) is 11.9 Å². The highest BCUT2D eigenvalue weighted by atomic mass is 19.4. The first-order chi connectivity index (χ1) is 9.27. The molecule has 0 amide bonds. The molecule has 1 saturated carbocycles. The number of hydrogen-bond donors (Lipinski definition) is 1. The number of nitro groups is 1. The first-order valence-corrected chi connectivity index (χ1v) is 6.37. The predicted molar refractivity (Wildman–Crippen MR) is 68.5 cm³/mol. The topological polar surface area (TPSA) is 55.2 Å². The van der Waals surface area contributed by atoms with Crippen LogP contribution in [0.2, 0.25) is 0 Å². The number of benzene rings is 1. The van der Waals surface area contributed by atoms with Crippen LogP contribution in [0.3, 0.4) is 0 Å². The maximum Gasteiger partial charge on any atom is 0.416 e. The molecule has 0 aromatic heterocycles. The van der Waals surface area contributed by atoms with Crippen LogP contribution in [0.25, 0.3) is 0 Å². The summed E-state index contributed by atoms with van der Waals surface area (Å²) in [5.41, 5.74) is -1.25. The standard InChI is InChI=1S/C13H15F3N2O2/c1-2-12(5-6-12)8-17-10-4-3-9(13(14,15)16)7-11(10)18(19)20/h3-4,7,17H,2,5-6,8H2,1H3. The van der Waals surface area contributed by atoms with Crippen molar-refractivity contribution in [3.8, 4) is 0 Å². The molecule has 110 valence electrons. The molecule has 1 aromatic rings. The fraction of sp³-hybridized carbons (Fsp3) is 0.538. The molecule has 20 heavy (non-hydrogen) atoms. The smallest absolute Gasteiger partial charge is 0.379 e. The Morgan fingerprint density at radius 2 is 2.05 bits per heavy atom. The maximum atomic E-state index is 12.6. The first kappa shape index (κ1) is 14.6. The zero-order chi connectivity index (χ0) is 15.0. The largest absolute Gasteiger partial charge is 0.416 e. The SMILES string of the molecule is CCC1(CNc2ccc(C(F)(F)F)cc2[N+](=O)[O-])CC1. The number of nitrogens with zero attached hydrogens (tertiary/aromatic N) is 1. The Morgan fingerprint density at radius 1 is 1.40 bits per heavy atom. The molecule has 0 unspecified atom stereocenters. The van der Waals surface area contributed by atoms with Gasteiger partial charge in [-0.1, -0.05) is 6.92 Å². The van der Waals surface area contributed by atoms with Crippen LogP contribution in [-0.2, 0) is 6.18 Å². The van der Waals surface area contributed by atoms with E-state index in [-0.39, 0.29) is 11.1 Å². The van der Waals surface area contributed by atoms with E-state index in [9.17, 15) is 23.3 Å². The molecular formula is C13H15F3N2O2.